The third-order valence-electron chi connectivity index (χ3n) is 7.11. The number of hydrogen-bond donors (Lipinski definition) is 2. The highest BCUT2D eigenvalue weighted by molar-refractivity contribution is 7.93. The number of Topliss-reactive ketones (excluding diaryl/α,β-unsaturated/α-hetero) is 1. The number of hydrogen-bond acceptors (Lipinski definition) is 8. The van der Waals surface area contributed by atoms with Crippen LogP contribution in [0.4, 0.5) is 11.6 Å². The van der Waals surface area contributed by atoms with Gasteiger partial charge < -0.3 is 10.6 Å². The topological polar surface area (TPSA) is 154 Å². The van der Waals surface area contributed by atoms with E-state index >= 15 is 0 Å². The molecule has 1 unspecified atom stereocenters. The Morgan fingerprint density at radius 3 is 2.62 bits per heavy atom. The summed E-state index contributed by atoms with van der Waals surface area (Å²) < 4.78 is 31.3. The highest BCUT2D eigenvalue weighted by atomic mass is 32.2. The van der Waals surface area contributed by atoms with Crippen molar-refractivity contribution in [2.75, 3.05) is 22.7 Å². The van der Waals surface area contributed by atoms with Gasteiger partial charge in [0.2, 0.25) is 16.0 Å². The number of ketones is 1. The van der Waals surface area contributed by atoms with Gasteiger partial charge in [-0.1, -0.05) is 18.1 Å². The van der Waals surface area contributed by atoms with E-state index in [2.05, 4.69) is 21.5 Å². The number of carbonyl (C=O) groups excluding carboxylic acids is 1. The van der Waals surface area contributed by atoms with Gasteiger partial charge in [0.1, 0.15) is 0 Å². The molecule has 2 fully saturated rings. The Bertz CT molecular complexity index is 1740. The second-order valence-electron chi connectivity index (χ2n) is 9.99. The molecular weight excluding hydrogens is 522 g/mol. The number of benzene rings is 1. The normalized spacial score (nSPS) is 17.6. The van der Waals surface area contributed by atoms with E-state index in [1.165, 1.54) is 23.7 Å². The quantitative estimate of drug-likeness (QED) is 0.304. The fourth-order valence-electron chi connectivity index (χ4n) is 4.90. The van der Waals surface area contributed by atoms with Gasteiger partial charge in [-0.05, 0) is 44.7 Å². The number of aryl methyl sites for hydroxylation is 1. The minimum Gasteiger partial charge on any atom is -0.341 e. The van der Waals surface area contributed by atoms with Crippen LogP contribution in [0.3, 0.4) is 0 Å². The lowest BCUT2D eigenvalue weighted by Crippen LogP contribution is -2.44. The van der Waals surface area contributed by atoms with Gasteiger partial charge >= 0.3 is 5.69 Å². The summed E-state index contributed by atoms with van der Waals surface area (Å²) in [6, 6.07) is 6.13. The van der Waals surface area contributed by atoms with Crippen molar-refractivity contribution in [3.8, 4) is 11.8 Å². The van der Waals surface area contributed by atoms with Crippen molar-refractivity contribution in [3.05, 3.63) is 50.7 Å². The van der Waals surface area contributed by atoms with Crippen LogP contribution in [0.15, 0.2) is 33.9 Å². The molecule has 1 atom stereocenters. The maximum Gasteiger partial charge on any atom is 0.332 e. The highest BCUT2D eigenvalue weighted by Crippen LogP contribution is 2.30. The van der Waals surface area contributed by atoms with Gasteiger partial charge in [0, 0.05) is 31.7 Å². The molecule has 2 aliphatic rings. The van der Waals surface area contributed by atoms with Crippen LogP contribution in [0.5, 0.6) is 0 Å². The van der Waals surface area contributed by atoms with Crippen LogP contribution in [-0.2, 0) is 30.2 Å². The molecule has 0 radical (unpaired) electrons. The first kappa shape index (κ1) is 26.7. The van der Waals surface area contributed by atoms with Crippen molar-refractivity contribution in [3.63, 3.8) is 0 Å². The van der Waals surface area contributed by atoms with Gasteiger partial charge in [0.05, 0.1) is 24.0 Å². The molecule has 0 bridgehead atoms. The van der Waals surface area contributed by atoms with E-state index in [1.54, 1.807) is 23.6 Å². The molecule has 0 spiro atoms. The molecule has 1 saturated heterocycles. The highest BCUT2D eigenvalue weighted by Gasteiger charge is 2.36. The lowest BCUT2D eigenvalue weighted by Gasteiger charge is -2.31. The largest absolute Gasteiger partial charge is 0.341 e. The van der Waals surface area contributed by atoms with E-state index in [0.717, 1.165) is 17.4 Å². The summed E-state index contributed by atoms with van der Waals surface area (Å²) >= 11 is 0. The smallest absolute Gasteiger partial charge is 0.332 e. The molecule has 12 nitrogen and oxygen atoms in total. The lowest BCUT2D eigenvalue weighted by molar-refractivity contribution is 0.0969. The standard InChI is InChI=1S/C26H31N7O5S/c1-3-4-14-32-22-23(28-25(32)31-13-7-8-17(27)15-31)30(2)26(36)33(24(22)35)16-21(34)19-9-5-6-10-20(19)29-39(37,38)18-11-12-18/h5-6,9-10,17-18,29H,7-8,11-16,27H2,1-2H3. The number of rotatable bonds is 8. The molecule has 3 heterocycles. The zero-order valence-electron chi connectivity index (χ0n) is 21.9. The summed E-state index contributed by atoms with van der Waals surface area (Å²) in [6.45, 7) is 2.54. The number of fused-ring (bicyclic) bond motifs is 1. The maximum absolute atomic E-state index is 13.8. The minimum absolute atomic E-state index is 0.0419. The number of nitrogens with one attached hydrogen (secondary N) is 1. The average molecular weight is 554 g/mol. The van der Waals surface area contributed by atoms with E-state index in [0.29, 0.717) is 31.9 Å². The van der Waals surface area contributed by atoms with E-state index in [1.807, 2.05) is 4.90 Å². The zero-order valence-corrected chi connectivity index (χ0v) is 22.7. The second-order valence-corrected chi connectivity index (χ2v) is 12.0. The summed E-state index contributed by atoms with van der Waals surface area (Å²) in [7, 11) is -2.12. The molecule has 1 saturated carbocycles. The first-order chi connectivity index (χ1) is 18.6. The number of nitrogens with two attached hydrogens (primary N) is 1. The SMILES string of the molecule is CC#CCn1c(N2CCCC(N)C2)nc2c1c(=O)n(CC(=O)c1ccccc1NS(=O)(=O)C1CC1)c(=O)n2C. The van der Waals surface area contributed by atoms with Crippen LogP contribution >= 0.6 is 0 Å². The van der Waals surface area contributed by atoms with Crippen LogP contribution in [-0.4, -0.2) is 57.3 Å². The number of piperidine rings is 1. The van der Waals surface area contributed by atoms with Crippen LogP contribution in [0.1, 0.15) is 43.0 Å². The number of para-hydroxylation sites is 1. The van der Waals surface area contributed by atoms with Crippen molar-refractivity contribution in [1.82, 2.24) is 18.7 Å². The van der Waals surface area contributed by atoms with Crippen molar-refractivity contribution in [1.29, 1.82) is 0 Å². The Labute approximate surface area is 225 Å². The van der Waals surface area contributed by atoms with Gasteiger partial charge in [-0.3, -0.25) is 28.0 Å². The predicted molar refractivity (Wildman–Crippen MR) is 148 cm³/mol. The number of sulfonamides is 1. The number of nitrogens with zero attached hydrogens (tertiary/aromatic N) is 5. The minimum atomic E-state index is -3.62. The summed E-state index contributed by atoms with van der Waals surface area (Å²) in [6.07, 6.45) is 2.89. The number of carbonyl (C=O) groups is 1. The van der Waals surface area contributed by atoms with Crippen molar-refractivity contribution < 1.29 is 13.2 Å². The summed E-state index contributed by atoms with van der Waals surface area (Å²) in [4.78, 5) is 47.1. The maximum atomic E-state index is 13.8. The van der Waals surface area contributed by atoms with Gasteiger partial charge in [-0.25, -0.2) is 13.2 Å². The molecule has 1 aliphatic heterocycles. The van der Waals surface area contributed by atoms with Crippen LogP contribution < -0.4 is 26.6 Å². The number of imidazole rings is 1. The number of anilines is 2. The monoisotopic (exact) mass is 553 g/mol. The molecule has 2 aromatic heterocycles. The molecule has 3 aromatic rings. The molecule has 206 valence electrons. The van der Waals surface area contributed by atoms with E-state index in [4.69, 9.17) is 5.73 Å². The Hall–Kier alpha value is -3.89. The molecule has 3 N–H and O–H groups in total. The summed E-state index contributed by atoms with van der Waals surface area (Å²) in [5.74, 6) is 5.72. The van der Waals surface area contributed by atoms with Crippen molar-refractivity contribution >= 4 is 38.6 Å². The molecule has 13 heteroatoms. The Balaban J connectivity index is 1.58. The average Bonchev–Trinajstić information content (AvgIpc) is 3.70. The first-order valence-corrected chi connectivity index (χ1v) is 14.4. The van der Waals surface area contributed by atoms with Crippen LogP contribution in [0.25, 0.3) is 11.2 Å². The summed E-state index contributed by atoms with van der Waals surface area (Å²) in [5.41, 5.74) is 5.35. The van der Waals surface area contributed by atoms with Gasteiger partial charge in [-0.2, -0.15) is 4.98 Å². The molecule has 1 aliphatic carbocycles. The van der Waals surface area contributed by atoms with E-state index in [-0.39, 0.29) is 35.0 Å². The van der Waals surface area contributed by atoms with Crippen molar-refractivity contribution in [2.45, 2.75) is 57.0 Å². The van der Waals surface area contributed by atoms with Crippen LogP contribution in [0.2, 0.25) is 0 Å². The molecule has 5 rings (SSSR count). The Morgan fingerprint density at radius 1 is 1.18 bits per heavy atom. The molecular formula is C26H31N7O5S. The molecule has 1 aromatic carbocycles. The Kier molecular flexibility index (Phi) is 7.09. The van der Waals surface area contributed by atoms with Crippen molar-refractivity contribution in [2.24, 2.45) is 12.8 Å². The van der Waals surface area contributed by atoms with Gasteiger partial charge in [0.25, 0.3) is 5.56 Å². The second kappa shape index (κ2) is 10.3. The summed E-state index contributed by atoms with van der Waals surface area (Å²) in [5, 5.41) is -0.479. The fourth-order valence-corrected chi connectivity index (χ4v) is 6.31. The predicted octanol–water partition coefficient (Wildman–Crippen LogP) is 0.635. The zero-order chi connectivity index (χ0) is 27.9. The fraction of sp³-hybridized carbons (Fsp3) is 0.462. The lowest BCUT2D eigenvalue weighted by atomic mass is 10.1. The van der Waals surface area contributed by atoms with Crippen LogP contribution in [0, 0.1) is 11.8 Å². The Morgan fingerprint density at radius 2 is 1.92 bits per heavy atom. The van der Waals surface area contributed by atoms with E-state index in [9.17, 15) is 22.8 Å². The number of aromatic nitrogens is 4. The molecule has 39 heavy (non-hydrogen) atoms. The third-order valence-corrected chi connectivity index (χ3v) is 8.97. The first-order valence-electron chi connectivity index (χ1n) is 12.9. The molecule has 0 amide bonds. The van der Waals surface area contributed by atoms with Gasteiger partial charge in [-0.15, -0.1) is 5.92 Å². The van der Waals surface area contributed by atoms with Gasteiger partial charge in [0.15, 0.2) is 16.9 Å². The van der Waals surface area contributed by atoms with E-state index < -0.39 is 38.9 Å². The third kappa shape index (κ3) is 5.09.